The first kappa shape index (κ1) is 20.3. The van der Waals surface area contributed by atoms with Gasteiger partial charge < -0.3 is 23.8 Å². The van der Waals surface area contributed by atoms with Gasteiger partial charge in [-0.2, -0.15) is 8.78 Å². The number of carbonyl (C=O) groups is 1. The van der Waals surface area contributed by atoms with Gasteiger partial charge in [-0.1, -0.05) is 6.07 Å². The summed E-state index contributed by atoms with van der Waals surface area (Å²) in [5, 5.41) is 0. The van der Waals surface area contributed by atoms with Gasteiger partial charge in [0, 0.05) is 18.5 Å². The van der Waals surface area contributed by atoms with E-state index < -0.39 is 6.61 Å². The molecule has 2 aromatic rings. The molecule has 2 aliphatic rings. The summed E-state index contributed by atoms with van der Waals surface area (Å²) in [6.07, 6.45) is 2.47. The molecule has 160 valence electrons. The van der Waals surface area contributed by atoms with Crippen LogP contribution in [0.1, 0.15) is 41.2 Å². The number of benzene rings is 2. The summed E-state index contributed by atoms with van der Waals surface area (Å²) in [7, 11) is 1.36. The highest BCUT2D eigenvalue weighted by molar-refractivity contribution is 5.95. The third-order valence-electron chi connectivity index (χ3n) is 5.30. The normalized spacial score (nSPS) is 18.3. The third kappa shape index (κ3) is 4.13. The predicted molar refractivity (Wildman–Crippen MR) is 105 cm³/mol. The third-order valence-corrected chi connectivity index (χ3v) is 5.30. The number of ether oxygens (including phenoxy) is 4. The fourth-order valence-corrected chi connectivity index (χ4v) is 3.91. The van der Waals surface area contributed by atoms with Crippen LogP contribution in [-0.2, 0) is 0 Å². The number of halogens is 2. The average Bonchev–Trinajstić information content (AvgIpc) is 3.11. The van der Waals surface area contributed by atoms with Crippen molar-refractivity contribution < 1.29 is 32.5 Å². The molecule has 0 saturated carbocycles. The van der Waals surface area contributed by atoms with Crippen molar-refractivity contribution in [1.82, 2.24) is 4.90 Å². The number of alkyl halides is 2. The maximum Gasteiger partial charge on any atom is 0.387 e. The fourth-order valence-electron chi connectivity index (χ4n) is 3.91. The SMILES string of the molecule is COc1ccc(C(=O)N2CCC[C@H]2c2ccc3c(c2)OCCCO3)cc1OC(F)F. The van der Waals surface area contributed by atoms with Gasteiger partial charge in [0.2, 0.25) is 0 Å². The zero-order valence-corrected chi connectivity index (χ0v) is 16.6. The van der Waals surface area contributed by atoms with Gasteiger partial charge in [-0.15, -0.1) is 0 Å². The quantitative estimate of drug-likeness (QED) is 0.718. The van der Waals surface area contributed by atoms with Crippen LogP contribution in [0.3, 0.4) is 0 Å². The highest BCUT2D eigenvalue weighted by Gasteiger charge is 2.32. The van der Waals surface area contributed by atoms with Crippen molar-refractivity contribution in [2.45, 2.75) is 31.9 Å². The zero-order chi connectivity index (χ0) is 21.1. The molecule has 2 heterocycles. The summed E-state index contributed by atoms with van der Waals surface area (Å²) in [6.45, 7) is -1.23. The highest BCUT2D eigenvalue weighted by atomic mass is 19.3. The van der Waals surface area contributed by atoms with Crippen LogP contribution in [0.4, 0.5) is 8.78 Å². The van der Waals surface area contributed by atoms with Crippen molar-refractivity contribution in [2.24, 2.45) is 0 Å². The molecule has 8 heteroatoms. The van der Waals surface area contributed by atoms with Gasteiger partial charge in [0.1, 0.15) is 0 Å². The first-order chi connectivity index (χ1) is 14.6. The minimum Gasteiger partial charge on any atom is -0.493 e. The molecule has 2 aromatic carbocycles. The molecule has 0 bridgehead atoms. The Morgan fingerprint density at radius 2 is 1.87 bits per heavy atom. The summed E-state index contributed by atoms with van der Waals surface area (Å²) < 4.78 is 46.5. The minimum atomic E-state index is -3.01. The van der Waals surface area contributed by atoms with Crippen molar-refractivity contribution in [3.8, 4) is 23.0 Å². The number of likely N-dealkylation sites (tertiary alicyclic amines) is 1. The van der Waals surface area contributed by atoms with Gasteiger partial charge >= 0.3 is 6.61 Å². The van der Waals surface area contributed by atoms with E-state index in [1.807, 2.05) is 18.2 Å². The number of hydrogen-bond acceptors (Lipinski definition) is 5. The second-order valence-electron chi connectivity index (χ2n) is 7.16. The molecule has 1 atom stereocenters. The van der Waals surface area contributed by atoms with Crippen molar-refractivity contribution in [3.05, 3.63) is 47.5 Å². The molecule has 0 radical (unpaired) electrons. The Balaban J connectivity index is 1.59. The summed E-state index contributed by atoms with van der Waals surface area (Å²) in [6, 6.07) is 9.94. The number of carbonyl (C=O) groups excluding carboxylic acids is 1. The van der Waals surface area contributed by atoms with Crippen LogP contribution in [0.25, 0.3) is 0 Å². The topological polar surface area (TPSA) is 57.2 Å². The zero-order valence-electron chi connectivity index (χ0n) is 16.6. The van der Waals surface area contributed by atoms with E-state index in [9.17, 15) is 13.6 Å². The maximum absolute atomic E-state index is 13.2. The number of rotatable bonds is 5. The lowest BCUT2D eigenvalue weighted by Crippen LogP contribution is -2.30. The number of methoxy groups -OCH3 is 1. The molecular weight excluding hydrogens is 396 g/mol. The lowest BCUT2D eigenvalue weighted by Gasteiger charge is -2.26. The van der Waals surface area contributed by atoms with E-state index in [-0.39, 0.29) is 29.0 Å². The van der Waals surface area contributed by atoms with Crippen molar-refractivity contribution >= 4 is 5.91 Å². The number of fused-ring (bicyclic) bond motifs is 1. The monoisotopic (exact) mass is 419 g/mol. The van der Waals surface area contributed by atoms with Gasteiger partial charge in [0.25, 0.3) is 5.91 Å². The fraction of sp³-hybridized carbons (Fsp3) is 0.409. The van der Waals surface area contributed by atoms with Crippen LogP contribution in [0, 0.1) is 0 Å². The standard InChI is InChI=1S/C22H23F2NO5/c1-27-17-7-6-15(13-20(17)30-22(23)24)21(26)25-9-2-4-16(25)14-5-8-18-19(12-14)29-11-3-10-28-18/h5-8,12-13,16,22H,2-4,9-11H2,1H3/t16-/m0/s1. The lowest BCUT2D eigenvalue weighted by atomic mass is 10.0. The Bertz CT molecular complexity index is 920. The molecule has 0 spiro atoms. The Kier molecular flexibility index (Phi) is 5.92. The lowest BCUT2D eigenvalue weighted by molar-refractivity contribution is -0.0512. The smallest absolute Gasteiger partial charge is 0.387 e. The van der Waals surface area contributed by atoms with Gasteiger partial charge in [0.15, 0.2) is 23.0 Å². The van der Waals surface area contributed by atoms with E-state index in [2.05, 4.69) is 4.74 Å². The predicted octanol–water partition coefficient (Wildman–Crippen LogP) is 4.44. The van der Waals surface area contributed by atoms with Crippen molar-refractivity contribution in [3.63, 3.8) is 0 Å². The van der Waals surface area contributed by atoms with E-state index in [0.29, 0.717) is 31.3 Å². The Hall–Kier alpha value is -3.03. The average molecular weight is 419 g/mol. The molecule has 0 N–H and O–H groups in total. The van der Waals surface area contributed by atoms with E-state index in [1.54, 1.807) is 11.0 Å². The van der Waals surface area contributed by atoms with E-state index in [1.165, 1.54) is 19.2 Å². The first-order valence-electron chi connectivity index (χ1n) is 9.90. The number of hydrogen-bond donors (Lipinski definition) is 0. The van der Waals surface area contributed by atoms with Crippen LogP contribution in [-0.4, -0.2) is 44.3 Å². The number of nitrogens with zero attached hydrogens (tertiary/aromatic N) is 1. The van der Waals surface area contributed by atoms with Crippen LogP contribution in [0.2, 0.25) is 0 Å². The Morgan fingerprint density at radius 3 is 2.63 bits per heavy atom. The maximum atomic E-state index is 13.2. The van der Waals surface area contributed by atoms with E-state index >= 15 is 0 Å². The van der Waals surface area contributed by atoms with Gasteiger partial charge in [-0.05, 0) is 48.7 Å². The molecule has 2 aliphatic heterocycles. The van der Waals surface area contributed by atoms with Crippen molar-refractivity contribution in [1.29, 1.82) is 0 Å². The Labute approximate surface area is 173 Å². The summed E-state index contributed by atoms with van der Waals surface area (Å²) >= 11 is 0. The molecule has 4 rings (SSSR count). The van der Waals surface area contributed by atoms with Gasteiger partial charge in [0.05, 0.1) is 26.4 Å². The van der Waals surface area contributed by atoms with E-state index in [4.69, 9.17) is 14.2 Å². The van der Waals surface area contributed by atoms with Crippen LogP contribution in [0.15, 0.2) is 36.4 Å². The molecule has 0 aliphatic carbocycles. The van der Waals surface area contributed by atoms with Crippen LogP contribution >= 0.6 is 0 Å². The van der Waals surface area contributed by atoms with Crippen LogP contribution in [0.5, 0.6) is 23.0 Å². The second kappa shape index (κ2) is 8.77. The molecule has 30 heavy (non-hydrogen) atoms. The molecular formula is C22H23F2NO5. The second-order valence-corrected chi connectivity index (χ2v) is 7.16. The highest BCUT2D eigenvalue weighted by Crippen LogP contribution is 2.39. The van der Waals surface area contributed by atoms with E-state index in [0.717, 1.165) is 24.8 Å². The largest absolute Gasteiger partial charge is 0.493 e. The molecule has 1 fully saturated rings. The van der Waals surface area contributed by atoms with Crippen molar-refractivity contribution in [2.75, 3.05) is 26.9 Å². The summed E-state index contributed by atoms with van der Waals surface area (Å²) in [5.41, 5.74) is 1.23. The number of amides is 1. The summed E-state index contributed by atoms with van der Waals surface area (Å²) in [5.74, 6) is 1.13. The van der Waals surface area contributed by atoms with Gasteiger partial charge in [-0.25, -0.2) is 0 Å². The molecule has 6 nitrogen and oxygen atoms in total. The minimum absolute atomic E-state index is 0.128. The summed E-state index contributed by atoms with van der Waals surface area (Å²) in [4.78, 5) is 15.0. The molecule has 0 aromatic heterocycles. The first-order valence-corrected chi connectivity index (χ1v) is 9.90. The molecule has 1 saturated heterocycles. The molecule has 0 unspecified atom stereocenters. The van der Waals surface area contributed by atoms with Gasteiger partial charge in [-0.3, -0.25) is 4.79 Å². The molecule has 1 amide bonds. The Morgan fingerprint density at radius 1 is 1.07 bits per heavy atom. The van der Waals surface area contributed by atoms with Crippen LogP contribution < -0.4 is 18.9 Å².